The fourth-order valence-electron chi connectivity index (χ4n) is 2.06. The van der Waals surface area contributed by atoms with Gasteiger partial charge in [-0.2, -0.15) is 0 Å². The summed E-state index contributed by atoms with van der Waals surface area (Å²) >= 11 is 0. The highest BCUT2D eigenvalue weighted by atomic mass is 35.5. The number of benzene rings is 2. The molecule has 0 aromatic heterocycles. The molecule has 1 amide bonds. The average Bonchev–Trinajstić information content (AvgIpc) is 2.55. The monoisotopic (exact) mass is 350 g/mol. The topological polar surface area (TPSA) is 73.6 Å². The first-order chi connectivity index (χ1) is 11.1. The van der Waals surface area contributed by atoms with E-state index in [1.165, 1.54) is 0 Å². The molecule has 0 atom stereocenters. The molecule has 0 aliphatic rings. The van der Waals surface area contributed by atoms with E-state index < -0.39 is 0 Å². The third-order valence-electron chi connectivity index (χ3n) is 3.39. The normalized spacial score (nSPS) is 9.92. The summed E-state index contributed by atoms with van der Waals surface area (Å²) in [7, 11) is 1.66. The Kier molecular flexibility index (Phi) is 8.09. The highest BCUT2D eigenvalue weighted by molar-refractivity contribution is 6.04. The first-order valence-electron chi connectivity index (χ1n) is 7.49. The minimum Gasteiger partial charge on any atom is -0.494 e. The van der Waals surface area contributed by atoms with Crippen molar-refractivity contribution in [1.82, 2.24) is 0 Å². The number of aryl methyl sites for hydroxylation is 1. The lowest BCUT2D eigenvalue weighted by Gasteiger charge is -2.10. The molecule has 6 heteroatoms. The predicted molar refractivity (Wildman–Crippen MR) is 99.2 cm³/mol. The zero-order chi connectivity index (χ0) is 16.7. The largest absolute Gasteiger partial charge is 0.494 e. The molecule has 2 rings (SSSR count). The summed E-state index contributed by atoms with van der Waals surface area (Å²) in [5.41, 5.74) is 8.62. The average molecular weight is 351 g/mol. The third kappa shape index (κ3) is 5.76. The van der Waals surface area contributed by atoms with Crippen LogP contribution in [0.5, 0.6) is 5.75 Å². The van der Waals surface area contributed by atoms with Crippen LogP contribution in [0.25, 0.3) is 0 Å². The maximum absolute atomic E-state index is 12.3. The zero-order valence-electron chi connectivity index (χ0n) is 13.9. The second-order valence-corrected chi connectivity index (χ2v) is 5.25. The fraction of sp³-hybridized carbons (Fsp3) is 0.278. The number of halogens is 1. The zero-order valence-corrected chi connectivity index (χ0v) is 14.7. The van der Waals surface area contributed by atoms with Crippen molar-refractivity contribution in [3.8, 4) is 5.75 Å². The molecule has 0 radical (unpaired) electrons. The van der Waals surface area contributed by atoms with Crippen molar-refractivity contribution in [2.75, 3.05) is 31.4 Å². The Morgan fingerprint density at radius 3 is 2.50 bits per heavy atom. The highest BCUT2D eigenvalue weighted by Gasteiger charge is 2.08. The molecule has 0 spiro atoms. The lowest BCUT2D eigenvalue weighted by atomic mass is 10.1. The molecule has 0 bridgehead atoms. The molecule has 2 aromatic carbocycles. The summed E-state index contributed by atoms with van der Waals surface area (Å²) < 4.78 is 10.5. The molecule has 0 heterocycles. The van der Waals surface area contributed by atoms with Gasteiger partial charge in [0.25, 0.3) is 5.91 Å². The van der Waals surface area contributed by atoms with E-state index in [1.54, 1.807) is 43.5 Å². The van der Waals surface area contributed by atoms with Crippen molar-refractivity contribution >= 4 is 29.7 Å². The Labute approximate surface area is 148 Å². The van der Waals surface area contributed by atoms with Crippen molar-refractivity contribution in [1.29, 1.82) is 0 Å². The summed E-state index contributed by atoms with van der Waals surface area (Å²) in [6.07, 6.45) is 0.827. The number of nitrogens with two attached hydrogens (primary N) is 1. The lowest BCUT2D eigenvalue weighted by molar-refractivity contribution is 0.102. The van der Waals surface area contributed by atoms with E-state index in [1.807, 2.05) is 13.0 Å². The second-order valence-electron chi connectivity index (χ2n) is 5.25. The summed E-state index contributed by atoms with van der Waals surface area (Å²) in [4.78, 5) is 12.3. The van der Waals surface area contributed by atoms with Crippen LogP contribution in [0.15, 0.2) is 42.5 Å². The van der Waals surface area contributed by atoms with Gasteiger partial charge in [0.1, 0.15) is 5.75 Å². The maximum Gasteiger partial charge on any atom is 0.255 e. The van der Waals surface area contributed by atoms with Gasteiger partial charge in [0.2, 0.25) is 0 Å². The van der Waals surface area contributed by atoms with Gasteiger partial charge in [0.15, 0.2) is 0 Å². The van der Waals surface area contributed by atoms with Gasteiger partial charge in [-0.3, -0.25) is 4.79 Å². The Bertz CT molecular complexity index is 660. The van der Waals surface area contributed by atoms with Gasteiger partial charge in [0, 0.05) is 37.1 Å². The molecular weight excluding hydrogens is 328 g/mol. The van der Waals surface area contributed by atoms with E-state index in [-0.39, 0.29) is 18.3 Å². The van der Waals surface area contributed by atoms with Gasteiger partial charge in [-0.25, -0.2) is 0 Å². The van der Waals surface area contributed by atoms with Gasteiger partial charge in [-0.1, -0.05) is 6.07 Å². The quantitative estimate of drug-likeness (QED) is 0.590. The number of nitrogen functional groups attached to an aromatic ring is 1. The van der Waals surface area contributed by atoms with E-state index in [2.05, 4.69) is 5.32 Å². The molecule has 130 valence electrons. The number of amides is 1. The number of hydrogen-bond donors (Lipinski definition) is 2. The highest BCUT2D eigenvalue weighted by Crippen LogP contribution is 2.20. The molecule has 2 aromatic rings. The van der Waals surface area contributed by atoms with Crippen LogP contribution in [-0.4, -0.2) is 26.2 Å². The van der Waals surface area contributed by atoms with Gasteiger partial charge < -0.3 is 20.5 Å². The van der Waals surface area contributed by atoms with E-state index in [4.69, 9.17) is 15.2 Å². The van der Waals surface area contributed by atoms with E-state index in [9.17, 15) is 4.79 Å². The van der Waals surface area contributed by atoms with Gasteiger partial charge in [-0.15, -0.1) is 12.4 Å². The van der Waals surface area contributed by atoms with E-state index in [0.29, 0.717) is 24.5 Å². The van der Waals surface area contributed by atoms with Crippen LogP contribution < -0.4 is 15.8 Å². The molecule has 0 aliphatic carbocycles. The smallest absolute Gasteiger partial charge is 0.255 e. The van der Waals surface area contributed by atoms with Crippen LogP contribution in [0.1, 0.15) is 22.3 Å². The van der Waals surface area contributed by atoms with Crippen LogP contribution in [0, 0.1) is 6.92 Å². The molecular formula is C18H23ClN2O3. The first kappa shape index (κ1) is 19.8. The number of methoxy groups -OCH3 is 1. The Hall–Kier alpha value is -2.24. The second kappa shape index (κ2) is 9.80. The van der Waals surface area contributed by atoms with Gasteiger partial charge in [-0.05, 0) is 48.9 Å². The number of carbonyl (C=O) groups is 1. The molecule has 3 N–H and O–H groups in total. The summed E-state index contributed by atoms with van der Waals surface area (Å²) in [5.74, 6) is 0.558. The molecule has 0 unspecified atom stereocenters. The fourth-order valence-corrected chi connectivity index (χ4v) is 2.06. The number of anilines is 2. The van der Waals surface area contributed by atoms with Crippen molar-refractivity contribution in [2.24, 2.45) is 0 Å². The van der Waals surface area contributed by atoms with E-state index in [0.717, 1.165) is 23.4 Å². The Balaban J connectivity index is 0.00000288. The molecule has 5 nitrogen and oxygen atoms in total. The Morgan fingerprint density at radius 2 is 1.83 bits per heavy atom. The van der Waals surface area contributed by atoms with Gasteiger partial charge in [0.05, 0.1) is 6.61 Å². The number of carbonyl (C=O) groups excluding carboxylic acids is 1. The van der Waals surface area contributed by atoms with Crippen molar-refractivity contribution < 1.29 is 14.3 Å². The van der Waals surface area contributed by atoms with Crippen LogP contribution in [0.2, 0.25) is 0 Å². The van der Waals surface area contributed by atoms with Crippen molar-refractivity contribution in [2.45, 2.75) is 13.3 Å². The summed E-state index contributed by atoms with van der Waals surface area (Å²) in [6.45, 7) is 3.17. The van der Waals surface area contributed by atoms with E-state index >= 15 is 0 Å². The summed E-state index contributed by atoms with van der Waals surface area (Å²) in [5, 5.41) is 2.87. The molecule has 0 fully saturated rings. The van der Waals surface area contributed by atoms with Gasteiger partial charge >= 0.3 is 0 Å². The number of hydrogen-bond acceptors (Lipinski definition) is 4. The molecule has 24 heavy (non-hydrogen) atoms. The van der Waals surface area contributed by atoms with Crippen molar-refractivity contribution in [3.63, 3.8) is 0 Å². The standard InChI is InChI=1S/C18H22N2O3.ClH/c1-13-4-7-15(19)12-17(13)20-18(21)14-5-8-16(9-6-14)23-11-3-10-22-2;/h4-9,12H,3,10-11,19H2,1-2H3,(H,20,21);1H. The molecule has 0 saturated carbocycles. The van der Waals surface area contributed by atoms with Crippen LogP contribution in [0.4, 0.5) is 11.4 Å². The van der Waals surface area contributed by atoms with Crippen LogP contribution in [0.3, 0.4) is 0 Å². The minimum atomic E-state index is -0.176. The minimum absolute atomic E-state index is 0. The first-order valence-corrected chi connectivity index (χ1v) is 7.49. The lowest BCUT2D eigenvalue weighted by Crippen LogP contribution is -2.13. The number of ether oxygens (including phenoxy) is 2. The number of nitrogens with one attached hydrogen (secondary N) is 1. The SMILES string of the molecule is COCCCOc1ccc(C(=O)Nc2cc(N)ccc2C)cc1.Cl. The predicted octanol–water partition coefficient (Wildman–Crippen LogP) is 3.67. The maximum atomic E-state index is 12.3. The van der Waals surface area contributed by atoms with Crippen molar-refractivity contribution in [3.05, 3.63) is 53.6 Å². The third-order valence-corrected chi connectivity index (χ3v) is 3.39. The van der Waals surface area contributed by atoms with Crippen LogP contribution >= 0.6 is 12.4 Å². The number of rotatable bonds is 7. The van der Waals surface area contributed by atoms with Crippen LogP contribution in [-0.2, 0) is 4.74 Å². The molecule has 0 saturated heterocycles. The molecule has 0 aliphatic heterocycles. The Morgan fingerprint density at radius 1 is 1.12 bits per heavy atom. The summed E-state index contributed by atoms with van der Waals surface area (Å²) in [6, 6.07) is 12.5.